The minimum absolute atomic E-state index is 0.0621. The highest BCUT2D eigenvalue weighted by Crippen LogP contribution is 2.33. The summed E-state index contributed by atoms with van der Waals surface area (Å²) in [6.07, 6.45) is 4.62. The van der Waals surface area contributed by atoms with Crippen molar-refractivity contribution in [1.29, 1.82) is 0 Å². The lowest BCUT2D eigenvalue weighted by atomic mass is 9.87. The summed E-state index contributed by atoms with van der Waals surface area (Å²) in [6.45, 7) is 0. The third kappa shape index (κ3) is 2.61. The van der Waals surface area contributed by atoms with Crippen LogP contribution in [0.2, 0.25) is 0 Å². The number of benzene rings is 1. The van der Waals surface area contributed by atoms with E-state index in [0.29, 0.717) is 5.56 Å². The predicted octanol–water partition coefficient (Wildman–Crippen LogP) is 2.52. The topological polar surface area (TPSA) is 53.2 Å². The largest absolute Gasteiger partial charge is 0.335 e. The van der Waals surface area contributed by atoms with E-state index in [1.54, 1.807) is 11.0 Å². The molecule has 0 saturated heterocycles. The number of aromatic amines is 1. The maximum atomic E-state index is 12.6. The second kappa shape index (κ2) is 5.56. The lowest BCUT2D eigenvalue weighted by Crippen LogP contribution is -2.33. The molecule has 1 aliphatic rings. The molecule has 0 saturated carbocycles. The molecule has 4 nitrogen and oxygen atoms in total. The molecule has 1 aromatic heterocycles. The van der Waals surface area contributed by atoms with Crippen molar-refractivity contribution in [3.63, 3.8) is 0 Å². The summed E-state index contributed by atoms with van der Waals surface area (Å²) >= 11 is 0. The van der Waals surface area contributed by atoms with Gasteiger partial charge < -0.3 is 9.88 Å². The Kier molecular flexibility index (Phi) is 3.60. The van der Waals surface area contributed by atoms with Gasteiger partial charge in [-0.2, -0.15) is 0 Å². The molecule has 108 valence electrons. The number of fused-ring (bicyclic) bond motifs is 1. The van der Waals surface area contributed by atoms with Crippen LogP contribution in [0.1, 0.15) is 40.4 Å². The van der Waals surface area contributed by atoms with Gasteiger partial charge >= 0.3 is 0 Å². The van der Waals surface area contributed by atoms with Crippen LogP contribution in [0.4, 0.5) is 0 Å². The summed E-state index contributed by atoms with van der Waals surface area (Å²) in [7, 11) is 1.83. The number of aromatic nitrogens is 1. The monoisotopic (exact) mass is 282 g/mol. The van der Waals surface area contributed by atoms with Crippen molar-refractivity contribution in [2.75, 3.05) is 7.05 Å². The molecule has 0 fully saturated rings. The van der Waals surface area contributed by atoms with Crippen LogP contribution < -0.4 is 5.56 Å². The standard InChI is InChI=1S/C17H18N2O2/c1-19(17(21)13-9-10-16(20)18-11-13)15-8-4-6-12-5-2-3-7-14(12)15/h2-3,5,7,9-11,15H,4,6,8H2,1H3,(H,18,20)/t15-/m0/s1. The predicted molar refractivity (Wildman–Crippen MR) is 81.3 cm³/mol. The van der Waals surface area contributed by atoms with Crippen molar-refractivity contribution in [3.05, 3.63) is 69.6 Å². The first-order valence-electron chi connectivity index (χ1n) is 7.20. The highest BCUT2D eigenvalue weighted by Gasteiger charge is 2.27. The first-order chi connectivity index (χ1) is 10.2. The van der Waals surface area contributed by atoms with Gasteiger partial charge in [0.25, 0.3) is 5.91 Å². The SMILES string of the molecule is CN(C(=O)c1ccc(=O)[nH]c1)[C@H]1CCCc2ccccc21. The highest BCUT2D eigenvalue weighted by molar-refractivity contribution is 5.94. The Morgan fingerprint density at radius 2 is 2.05 bits per heavy atom. The zero-order valence-corrected chi connectivity index (χ0v) is 12.0. The zero-order valence-electron chi connectivity index (χ0n) is 12.0. The number of rotatable bonds is 2. The lowest BCUT2D eigenvalue weighted by molar-refractivity contribution is 0.0714. The van der Waals surface area contributed by atoms with Gasteiger partial charge in [0.1, 0.15) is 0 Å². The maximum absolute atomic E-state index is 12.6. The number of pyridine rings is 1. The smallest absolute Gasteiger partial charge is 0.255 e. The molecule has 4 heteroatoms. The van der Waals surface area contributed by atoms with Crippen LogP contribution >= 0.6 is 0 Å². The number of hydrogen-bond donors (Lipinski definition) is 1. The normalized spacial score (nSPS) is 17.1. The van der Waals surface area contributed by atoms with Crippen molar-refractivity contribution in [1.82, 2.24) is 9.88 Å². The molecule has 2 aromatic rings. The Hall–Kier alpha value is -2.36. The van der Waals surface area contributed by atoms with Gasteiger partial charge in [0.15, 0.2) is 0 Å². The van der Waals surface area contributed by atoms with Gasteiger partial charge in [-0.15, -0.1) is 0 Å². The first-order valence-corrected chi connectivity index (χ1v) is 7.20. The number of carbonyl (C=O) groups is 1. The minimum atomic E-state index is -0.197. The van der Waals surface area contributed by atoms with E-state index in [1.165, 1.54) is 23.4 Å². The van der Waals surface area contributed by atoms with E-state index in [9.17, 15) is 9.59 Å². The minimum Gasteiger partial charge on any atom is -0.335 e. The van der Waals surface area contributed by atoms with Crippen LogP contribution in [0, 0.1) is 0 Å². The van der Waals surface area contributed by atoms with Crippen LogP contribution in [-0.4, -0.2) is 22.8 Å². The van der Waals surface area contributed by atoms with E-state index in [-0.39, 0.29) is 17.5 Å². The Morgan fingerprint density at radius 1 is 1.24 bits per heavy atom. The van der Waals surface area contributed by atoms with E-state index in [1.807, 2.05) is 19.2 Å². The zero-order chi connectivity index (χ0) is 14.8. The molecule has 1 amide bonds. The summed E-state index contributed by atoms with van der Waals surface area (Å²) in [6, 6.07) is 11.4. The molecule has 0 radical (unpaired) electrons. The van der Waals surface area contributed by atoms with Crippen LogP contribution in [0.5, 0.6) is 0 Å². The van der Waals surface area contributed by atoms with Gasteiger partial charge in [-0.3, -0.25) is 9.59 Å². The molecular weight excluding hydrogens is 264 g/mol. The van der Waals surface area contributed by atoms with Crippen molar-refractivity contribution in [2.24, 2.45) is 0 Å². The second-order valence-corrected chi connectivity index (χ2v) is 5.46. The van der Waals surface area contributed by atoms with Crippen LogP contribution in [0.25, 0.3) is 0 Å². The summed E-state index contributed by atoms with van der Waals surface area (Å²) in [4.78, 5) is 28.0. The van der Waals surface area contributed by atoms with Crippen molar-refractivity contribution in [3.8, 4) is 0 Å². The highest BCUT2D eigenvalue weighted by atomic mass is 16.2. The number of hydrogen-bond acceptors (Lipinski definition) is 2. The summed E-state index contributed by atoms with van der Waals surface area (Å²) in [5.74, 6) is -0.0621. The summed E-state index contributed by atoms with van der Waals surface area (Å²) in [5.41, 5.74) is 2.89. The van der Waals surface area contributed by atoms with Gasteiger partial charge in [-0.05, 0) is 36.5 Å². The molecule has 1 heterocycles. The molecule has 0 aliphatic heterocycles. The Labute approximate surface area is 123 Å². The fourth-order valence-corrected chi connectivity index (χ4v) is 3.02. The number of nitrogens with zero attached hydrogens (tertiary/aromatic N) is 1. The molecule has 1 aromatic carbocycles. The first kappa shape index (κ1) is 13.6. The summed E-state index contributed by atoms with van der Waals surface area (Å²) < 4.78 is 0. The third-order valence-corrected chi connectivity index (χ3v) is 4.16. The number of amides is 1. The fourth-order valence-electron chi connectivity index (χ4n) is 3.02. The van der Waals surface area contributed by atoms with Gasteiger partial charge in [0, 0.05) is 19.3 Å². The van der Waals surface area contributed by atoms with Gasteiger partial charge in [0.05, 0.1) is 11.6 Å². The van der Waals surface area contributed by atoms with E-state index in [2.05, 4.69) is 17.1 Å². The Bertz CT molecular complexity index is 700. The van der Waals surface area contributed by atoms with Crippen molar-refractivity contribution >= 4 is 5.91 Å². The van der Waals surface area contributed by atoms with Crippen LogP contribution in [0.3, 0.4) is 0 Å². The molecular formula is C17H18N2O2. The Morgan fingerprint density at radius 3 is 2.81 bits per heavy atom. The molecule has 1 N–H and O–H groups in total. The number of aryl methyl sites for hydroxylation is 1. The van der Waals surface area contributed by atoms with E-state index >= 15 is 0 Å². The second-order valence-electron chi connectivity index (χ2n) is 5.46. The van der Waals surface area contributed by atoms with E-state index in [0.717, 1.165) is 19.3 Å². The molecule has 0 spiro atoms. The number of H-pyrrole nitrogens is 1. The molecule has 1 atom stereocenters. The van der Waals surface area contributed by atoms with Crippen LogP contribution in [-0.2, 0) is 6.42 Å². The molecule has 0 unspecified atom stereocenters. The average Bonchev–Trinajstić information content (AvgIpc) is 2.53. The molecule has 21 heavy (non-hydrogen) atoms. The summed E-state index contributed by atoms with van der Waals surface area (Å²) in [5, 5.41) is 0. The number of nitrogens with one attached hydrogen (secondary N) is 1. The van der Waals surface area contributed by atoms with Gasteiger partial charge in [-0.25, -0.2) is 0 Å². The van der Waals surface area contributed by atoms with E-state index in [4.69, 9.17) is 0 Å². The lowest BCUT2D eigenvalue weighted by Gasteiger charge is -2.33. The fraction of sp³-hybridized carbons (Fsp3) is 0.294. The molecule has 3 rings (SSSR count). The quantitative estimate of drug-likeness (QED) is 0.920. The van der Waals surface area contributed by atoms with Crippen molar-refractivity contribution < 1.29 is 4.79 Å². The van der Waals surface area contributed by atoms with Gasteiger partial charge in [-0.1, -0.05) is 24.3 Å². The average molecular weight is 282 g/mol. The maximum Gasteiger partial charge on any atom is 0.255 e. The number of carbonyl (C=O) groups excluding carboxylic acids is 1. The molecule has 0 bridgehead atoms. The third-order valence-electron chi connectivity index (χ3n) is 4.16. The Balaban J connectivity index is 1.89. The molecule has 1 aliphatic carbocycles. The van der Waals surface area contributed by atoms with Crippen LogP contribution in [0.15, 0.2) is 47.4 Å². The van der Waals surface area contributed by atoms with Gasteiger partial charge in [0.2, 0.25) is 5.56 Å². The van der Waals surface area contributed by atoms with E-state index < -0.39 is 0 Å². The van der Waals surface area contributed by atoms with Crippen molar-refractivity contribution in [2.45, 2.75) is 25.3 Å².